The second-order valence-electron chi connectivity index (χ2n) is 4.74. The van der Waals surface area contributed by atoms with Gasteiger partial charge in [0.15, 0.2) is 0 Å². The van der Waals surface area contributed by atoms with Crippen LogP contribution in [0.3, 0.4) is 0 Å². The highest BCUT2D eigenvalue weighted by molar-refractivity contribution is 5.48. The molecule has 3 nitrogen and oxygen atoms in total. The summed E-state index contributed by atoms with van der Waals surface area (Å²) in [5, 5.41) is 12.4. The molecule has 1 atom stereocenters. The second-order valence-corrected chi connectivity index (χ2v) is 4.74. The van der Waals surface area contributed by atoms with Gasteiger partial charge in [-0.05, 0) is 42.3 Å². The van der Waals surface area contributed by atoms with E-state index in [-0.39, 0.29) is 6.04 Å². The van der Waals surface area contributed by atoms with Gasteiger partial charge in [0.05, 0.1) is 18.2 Å². The SMILES string of the molecule is COCc1cccc(NC(C)c2cccc(C#N)c2)c1. The monoisotopic (exact) mass is 266 g/mol. The molecule has 0 aliphatic heterocycles. The number of hydrogen-bond acceptors (Lipinski definition) is 3. The molecule has 0 heterocycles. The van der Waals surface area contributed by atoms with Crippen molar-refractivity contribution in [3.8, 4) is 6.07 Å². The van der Waals surface area contributed by atoms with Gasteiger partial charge in [-0.2, -0.15) is 5.26 Å². The molecule has 0 spiro atoms. The Morgan fingerprint density at radius 2 is 2.00 bits per heavy atom. The van der Waals surface area contributed by atoms with E-state index in [0.717, 1.165) is 16.8 Å². The Morgan fingerprint density at radius 1 is 1.20 bits per heavy atom. The number of benzene rings is 2. The smallest absolute Gasteiger partial charge is 0.0991 e. The molecular weight excluding hydrogens is 248 g/mol. The summed E-state index contributed by atoms with van der Waals surface area (Å²) in [4.78, 5) is 0. The molecule has 0 saturated heterocycles. The van der Waals surface area contributed by atoms with Gasteiger partial charge in [-0.3, -0.25) is 0 Å². The van der Waals surface area contributed by atoms with Crippen molar-refractivity contribution in [1.29, 1.82) is 5.26 Å². The fourth-order valence-electron chi connectivity index (χ4n) is 2.13. The molecule has 0 fully saturated rings. The fourth-order valence-corrected chi connectivity index (χ4v) is 2.13. The normalized spacial score (nSPS) is 11.7. The molecule has 1 N–H and O–H groups in total. The molecule has 0 aliphatic rings. The summed E-state index contributed by atoms with van der Waals surface area (Å²) in [6.07, 6.45) is 0. The molecular formula is C17H18N2O. The Kier molecular flexibility index (Phi) is 4.75. The summed E-state index contributed by atoms with van der Waals surface area (Å²) in [6.45, 7) is 2.69. The number of nitrogens with zero attached hydrogens (tertiary/aromatic N) is 1. The molecule has 0 radical (unpaired) electrons. The third-order valence-electron chi connectivity index (χ3n) is 3.14. The average Bonchev–Trinajstić information content (AvgIpc) is 2.48. The molecule has 0 saturated carbocycles. The lowest BCUT2D eigenvalue weighted by molar-refractivity contribution is 0.185. The maximum absolute atomic E-state index is 8.94. The number of methoxy groups -OCH3 is 1. The molecule has 3 heteroatoms. The maximum atomic E-state index is 8.94. The Labute approximate surface area is 119 Å². The van der Waals surface area contributed by atoms with Gasteiger partial charge in [0.1, 0.15) is 0 Å². The lowest BCUT2D eigenvalue weighted by Gasteiger charge is -2.16. The fraction of sp³-hybridized carbons (Fsp3) is 0.235. The van der Waals surface area contributed by atoms with Crippen molar-refractivity contribution < 1.29 is 4.74 Å². The van der Waals surface area contributed by atoms with E-state index in [0.29, 0.717) is 12.2 Å². The molecule has 102 valence electrons. The van der Waals surface area contributed by atoms with Crippen LogP contribution in [0.15, 0.2) is 48.5 Å². The molecule has 0 amide bonds. The first kappa shape index (κ1) is 14.1. The van der Waals surface area contributed by atoms with Gasteiger partial charge in [0.2, 0.25) is 0 Å². The van der Waals surface area contributed by atoms with E-state index in [2.05, 4.69) is 24.4 Å². The Balaban J connectivity index is 2.12. The topological polar surface area (TPSA) is 45.0 Å². The van der Waals surface area contributed by atoms with Gasteiger partial charge in [-0.25, -0.2) is 0 Å². The van der Waals surface area contributed by atoms with Crippen LogP contribution in [0.4, 0.5) is 5.69 Å². The molecule has 2 rings (SSSR count). The molecule has 1 unspecified atom stereocenters. The first-order valence-electron chi connectivity index (χ1n) is 6.57. The predicted molar refractivity (Wildman–Crippen MR) is 80.3 cm³/mol. The summed E-state index contributed by atoms with van der Waals surface area (Å²) in [5.41, 5.74) is 3.97. The third kappa shape index (κ3) is 3.59. The molecule has 0 bridgehead atoms. The minimum absolute atomic E-state index is 0.140. The molecule has 2 aromatic rings. The standard InChI is InChI=1S/C17H18N2O/c1-13(16-7-3-5-14(9-16)11-18)19-17-8-4-6-15(10-17)12-20-2/h3-10,13,19H,12H2,1-2H3. The van der Waals surface area contributed by atoms with Crippen LogP contribution in [0, 0.1) is 11.3 Å². The van der Waals surface area contributed by atoms with Crippen molar-refractivity contribution in [2.45, 2.75) is 19.6 Å². The van der Waals surface area contributed by atoms with Crippen LogP contribution < -0.4 is 5.32 Å². The lowest BCUT2D eigenvalue weighted by atomic mass is 10.1. The van der Waals surface area contributed by atoms with Crippen molar-refractivity contribution in [2.24, 2.45) is 0 Å². The van der Waals surface area contributed by atoms with E-state index in [1.807, 2.05) is 42.5 Å². The summed E-state index contributed by atoms with van der Waals surface area (Å²) in [7, 11) is 1.69. The number of anilines is 1. The number of hydrogen-bond donors (Lipinski definition) is 1. The van der Waals surface area contributed by atoms with E-state index in [9.17, 15) is 0 Å². The van der Waals surface area contributed by atoms with Gasteiger partial charge in [-0.1, -0.05) is 24.3 Å². The zero-order valence-electron chi connectivity index (χ0n) is 11.8. The van der Waals surface area contributed by atoms with Crippen molar-refractivity contribution >= 4 is 5.69 Å². The van der Waals surface area contributed by atoms with Gasteiger partial charge >= 0.3 is 0 Å². The van der Waals surface area contributed by atoms with Crippen LogP contribution in [0.25, 0.3) is 0 Å². The van der Waals surface area contributed by atoms with E-state index in [1.54, 1.807) is 7.11 Å². The number of nitriles is 1. The highest BCUT2D eigenvalue weighted by Crippen LogP contribution is 2.21. The minimum atomic E-state index is 0.140. The van der Waals surface area contributed by atoms with Crippen LogP contribution in [0.1, 0.15) is 29.7 Å². The highest BCUT2D eigenvalue weighted by Gasteiger charge is 2.06. The number of nitrogens with one attached hydrogen (secondary N) is 1. The predicted octanol–water partition coefficient (Wildman–Crippen LogP) is 3.88. The third-order valence-corrected chi connectivity index (χ3v) is 3.14. The number of ether oxygens (including phenoxy) is 1. The summed E-state index contributed by atoms with van der Waals surface area (Å²) in [6, 6.07) is 18.1. The van der Waals surface area contributed by atoms with E-state index in [4.69, 9.17) is 10.00 Å². The quantitative estimate of drug-likeness (QED) is 0.893. The van der Waals surface area contributed by atoms with Crippen LogP contribution >= 0.6 is 0 Å². The van der Waals surface area contributed by atoms with Crippen LogP contribution in [-0.4, -0.2) is 7.11 Å². The first-order valence-corrected chi connectivity index (χ1v) is 6.57. The largest absolute Gasteiger partial charge is 0.380 e. The Hall–Kier alpha value is -2.31. The molecule has 20 heavy (non-hydrogen) atoms. The molecule has 2 aromatic carbocycles. The Bertz CT molecular complexity index is 616. The first-order chi connectivity index (χ1) is 9.72. The van der Waals surface area contributed by atoms with E-state index >= 15 is 0 Å². The number of rotatable bonds is 5. The van der Waals surface area contributed by atoms with E-state index < -0.39 is 0 Å². The van der Waals surface area contributed by atoms with Crippen LogP contribution in [0.2, 0.25) is 0 Å². The minimum Gasteiger partial charge on any atom is -0.380 e. The molecule has 0 aromatic heterocycles. The zero-order valence-corrected chi connectivity index (χ0v) is 11.8. The zero-order chi connectivity index (χ0) is 14.4. The van der Waals surface area contributed by atoms with Gasteiger partial charge in [0, 0.05) is 18.8 Å². The van der Waals surface area contributed by atoms with Gasteiger partial charge < -0.3 is 10.1 Å². The van der Waals surface area contributed by atoms with Crippen LogP contribution in [0.5, 0.6) is 0 Å². The average molecular weight is 266 g/mol. The van der Waals surface area contributed by atoms with Crippen LogP contribution in [-0.2, 0) is 11.3 Å². The van der Waals surface area contributed by atoms with E-state index in [1.165, 1.54) is 0 Å². The van der Waals surface area contributed by atoms with Gasteiger partial charge in [-0.15, -0.1) is 0 Å². The van der Waals surface area contributed by atoms with Crippen molar-refractivity contribution in [3.63, 3.8) is 0 Å². The van der Waals surface area contributed by atoms with Crippen molar-refractivity contribution in [1.82, 2.24) is 0 Å². The Morgan fingerprint density at radius 3 is 2.75 bits per heavy atom. The van der Waals surface area contributed by atoms with Crippen molar-refractivity contribution in [2.75, 3.05) is 12.4 Å². The summed E-state index contributed by atoms with van der Waals surface area (Å²) >= 11 is 0. The molecule has 0 aliphatic carbocycles. The highest BCUT2D eigenvalue weighted by atomic mass is 16.5. The van der Waals surface area contributed by atoms with Gasteiger partial charge in [0.25, 0.3) is 0 Å². The second kappa shape index (κ2) is 6.74. The summed E-state index contributed by atoms with van der Waals surface area (Å²) in [5.74, 6) is 0. The van der Waals surface area contributed by atoms with Crippen molar-refractivity contribution in [3.05, 3.63) is 65.2 Å². The lowest BCUT2D eigenvalue weighted by Crippen LogP contribution is -2.07. The summed E-state index contributed by atoms with van der Waals surface area (Å²) < 4.78 is 5.14. The maximum Gasteiger partial charge on any atom is 0.0991 e.